The van der Waals surface area contributed by atoms with E-state index in [1.54, 1.807) is 6.07 Å². The van der Waals surface area contributed by atoms with Crippen LogP contribution >= 0.6 is 0 Å². The van der Waals surface area contributed by atoms with Crippen molar-refractivity contribution in [1.29, 1.82) is 0 Å². The van der Waals surface area contributed by atoms with E-state index in [9.17, 15) is 4.79 Å². The summed E-state index contributed by atoms with van der Waals surface area (Å²) in [7, 11) is 0. The molecule has 1 amide bonds. The molecule has 0 aliphatic rings. The lowest BCUT2D eigenvalue weighted by atomic mass is 9.90. The molecule has 1 rings (SSSR count). The smallest absolute Gasteiger partial charge is 0.251 e. The number of nitrogens with zero attached hydrogens (tertiary/aromatic N) is 1. The number of hydrazine groups is 1. The predicted molar refractivity (Wildman–Crippen MR) is 78.0 cm³/mol. The predicted octanol–water partition coefficient (Wildman–Crippen LogP) is 2.19. The summed E-state index contributed by atoms with van der Waals surface area (Å²) in [5.41, 5.74) is 3.80. The molecule has 106 valence electrons. The Bertz CT molecular complexity index is 438. The van der Waals surface area contributed by atoms with Gasteiger partial charge in [0, 0.05) is 23.2 Å². The van der Waals surface area contributed by atoms with Gasteiger partial charge in [-0.25, -0.2) is 10.8 Å². The van der Waals surface area contributed by atoms with E-state index in [0.29, 0.717) is 17.9 Å². The highest BCUT2D eigenvalue weighted by Gasteiger charge is 2.19. The van der Waals surface area contributed by atoms with E-state index in [2.05, 4.69) is 22.7 Å². The van der Waals surface area contributed by atoms with Gasteiger partial charge < -0.3 is 10.7 Å². The third-order valence-corrected chi connectivity index (χ3v) is 2.82. The van der Waals surface area contributed by atoms with E-state index in [-0.39, 0.29) is 11.3 Å². The maximum Gasteiger partial charge on any atom is 0.251 e. The van der Waals surface area contributed by atoms with Crippen LogP contribution in [0.15, 0.2) is 12.1 Å². The van der Waals surface area contributed by atoms with Crippen LogP contribution in [0.3, 0.4) is 0 Å². The largest absolute Gasteiger partial charge is 0.352 e. The van der Waals surface area contributed by atoms with Crippen molar-refractivity contribution >= 4 is 11.7 Å². The Balaban J connectivity index is 2.97. The Labute approximate surface area is 115 Å². The molecule has 0 spiro atoms. The summed E-state index contributed by atoms with van der Waals surface area (Å²) < 4.78 is 0. The Morgan fingerprint density at radius 3 is 2.58 bits per heavy atom. The molecule has 0 saturated heterocycles. The molecule has 5 heteroatoms. The third-order valence-electron chi connectivity index (χ3n) is 2.82. The van der Waals surface area contributed by atoms with Crippen molar-refractivity contribution in [1.82, 2.24) is 10.3 Å². The van der Waals surface area contributed by atoms with Crippen LogP contribution in [-0.4, -0.2) is 17.4 Å². The second-order valence-electron chi connectivity index (χ2n) is 5.63. The molecule has 0 radical (unpaired) electrons. The average molecular weight is 264 g/mol. The van der Waals surface area contributed by atoms with Crippen LogP contribution in [0.5, 0.6) is 0 Å². The summed E-state index contributed by atoms with van der Waals surface area (Å²) in [5.74, 6) is 5.83. The second-order valence-corrected chi connectivity index (χ2v) is 5.63. The van der Waals surface area contributed by atoms with E-state index in [4.69, 9.17) is 5.84 Å². The van der Waals surface area contributed by atoms with Crippen LogP contribution in [-0.2, 0) is 5.41 Å². The van der Waals surface area contributed by atoms with Crippen molar-refractivity contribution < 1.29 is 4.79 Å². The second kappa shape index (κ2) is 6.52. The monoisotopic (exact) mass is 264 g/mol. The van der Waals surface area contributed by atoms with Crippen LogP contribution in [0.1, 0.15) is 56.6 Å². The van der Waals surface area contributed by atoms with E-state index in [0.717, 1.165) is 18.5 Å². The first-order valence-electron chi connectivity index (χ1n) is 6.66. The highest BCUT2D eigenvalue weighted by molar-refractivity contribution is 5.95. The Morgan fingerprint density at radius 1 is 1.37 bits per heavy atom. The number of anilines is 1. The molecule has 0 aliphatic carbocycles. The minimum absolute atomic E-state index is 0.0853. The molecule has 0 aliphatic heterocycles. The van der Waals surface area contributed by atoms with Crippen molar-refractivity contribution in [3.8, 4) is 0 Å². The molecule has 4 N–H and O–H groups in total. The van der Waals surface area contributed by atoms with Gasteiger partial charge >= 0.3 is 0 Å². The van der Waals surface area contributed by atoms with Crippen molar-refractivity contribution in [2.45, 2.75) is 46.0 Å². The highest BCUT2D eigenvalue weighted by Crippen LogP contribution is 2.23. The van der Waals surface area contributed by atoms with E-state index in [1.165, 1.54) is 0 Å². The average Bonchev–Trinajstić information content (AvgIpc) is 2.37. The minimum atomic E-state index is -0.134. The van der Waals surface area contributed by atoms with Gasteiger partial charge in [0.2, 0.25) is 0 Å². The van der Waals surface area contributed by atoms with Crippen molar-refractivity contribution in [3.05, 3.63) is 23.4 Å². The molecule has 1 aromatic rings. The molecule has 19 heavy (non-hydrogen) atoms. The minimum Gasteiger partial charge on any atom is -0.352 e. The lowest BCUT2D eigenvalue weighted by molar-refractivity contribution is 0.0953. The SMILES string of the molecule is CCCCNC(=O)c1cc(NN)nc(C(C)(C)C)c1. The number of unbranched alkanes of at least 4 members (excludes halogenated alkanes) is 1. The van der Waals surface area contributed by atoms with E-state index < -0.39 is 0 Å². The molecular weight excluding hydrogens is 240 g/mol. The van der Waals surface area contributed by atoms with Gasteiger partial charge in [0.25, 0.3) is 5.91 Å². The quantitative estimate of drug-likeness (QED) is 0.432. The number of aromatic nitrogens is 1. The summed E-state index contributed by atoms with van der Waals surface area (Å²) in [6.45, 7) is 8.93. The fourth-order valence-electron chi connectivity index (χ4n) is 1.60. The first kappa shape index (κ1) is 15.4. The summed E-state index contributed by atoms with van der Waals surface area (Å²) >= 11 is 0. The van der Waals surface area contributed by atoms with Gasteiger partial charge in [-0.05, 0) is 18.6 Å². The maximum absolute atomic E-state index is 12.1. The Hall–Kier alpha value is -1.62. The number of hydrogen-bond acceptors (Lipinski definition) is 4. The summed E-state index contributed by atoms with van der Waals surface area (Å²) in [6.07, 6.45) is 2.03. The zero-order chi connectivity index (χ0) is 14.5. The van der Waals surface area contributed by atoms with Gasteiger partial charge in [0.15, 0.2) is 0 Å². The van der Waals surface area contributed by atoms with E-state index >= 15 is 0 Å². The maximum atomic E-state index is 12.1. The lowest BCUT2D eigenvalue weighted by Crippen LogP contribution is -2.26. The third kappa shape index (κ3) is 4.52. The zero-order valence-electron chi connectivity index (χ0n) is 12.2. The summed E-state index contributed by atoms with van der Waals surface area (Å²) in [5, 5.41) is 2.89. The van der Waals surface area contributed by atoms with Gasteiger partial charge in [0.1, 0.15) is 5.82 Å². The summed E-state index contributed by atoms with van der Waals surface area (Å²) in [6, 6.07) is 3.48. The number of rotatable bonds is 5. The summed E-state index contributed by atoms with van der Waals surface area (Å²) in [4.78, 5) is 16.4. The van der Waals surface area contributed by atoms with Crippen LogP contribution < -0.4 is 16.6 Å². The van der Waals surface area contributed by atoms with Crippen LogP contribution in [0.2, 0.25) is 0 Å². The van der Waals surface area contributed by atoms with Gasteiger partial charge in [-0.2, -0.15) is 0 Å². The topological polar surface area (TPSA) is 80.0 Å². The molecule has 0 aromatic carbocycles. The molecular formula is C14H24N4O. The number of amides is 1. The number of carbonyl (C=O) groups is 1. The molecule has 1 heterocycles. The van der Waals surface area contributed by atoms with Gasteiger partial charge in [0.05, 0.1) is 0 Å². The Morgan fingerprint density at radius 2 is 2.05 bits per heavy atom. The van der Waals surface area contributed by atoms with Crippen LogP contribution in [0.25, 0.3) is 0 Å². The molecule has 1 aromatic heterocycles. The molecule has 0 unspecified atom stereocenters. The number of nitrogens with two attached hydrogens (primary N) is 1. The zero-order valence-corrected chi connectivity index (χ0v) is 12.2. The van der Waals surface area contributed by atoms with Gasteiger partial charge in [-0.3, -0.25) is 4.79 Å². The number of hydrogen-bond donors (Lipinski definition) is 3. The number of carbonyl (C=O) groups excluding carboxylic acids is 1. The molecule has 0 fully saturated rings. The fraction of sp³-hybridized carbons (Fsp3) is 0.571. The van der Waals surface area contributed by atoms with Gasteiger partial charge in [-0.1, -0.05) is 34.1 Å². The molecule has 0 atom stereocenters. The lowest BCUT2D eigenvalue weighted by Gasteiger charge is -2.19. The first-order chi connectivity index (χ1) is 8.88. The van der Waals surface area contributed by atoms with Crippen LogP contribution in [0.4, 0.5) is 5.82 Å². The highest BCUT2D eigenvalue weighted by atomic mass is 16.1. The van der Waals surface area contributed by atoms with Gasteiger partial charge in [-0.15, -0.1) is 0 Å². The number of nitrogen functional groups attached to an aromatic ring is 1. The molecule has 0 bridgehead atoms. The van der Waals surface area contributed by atoms with E-state index in [1.807, 2.05) is 26.8 Å². The van der Waals surface area contributed by atoms with Crippen molar-refractivity contribution in [2.24, 2.45) is 5.84 Å². The van der Waals surface area contributed by atoms with Crippen molar-refractivity contribution in [2.75, 3.05) is 12.0 Å². The van der Waals surface area contributed by atoms with Crippen molar-refractivity contribution in [3.63, 3.8) is 0 Å². The fourth-order valence-corrected chi connectivity index (χ4v) is 1.60. The molecule has 5 nitrogen and oxygen atoms in total. The standard InChI is InChI=1S/C14H24N4O/c1-5-6-7-16-13(19)10-8-11(14(2,3)4)17-12(9-10)18-15/h8-9H,5-7,15H2,1-4H3,(H,16,19)(H,17,18). The molecule has 0 saturated carbocycles. The Kier molecular flexibility index (Phi) is 5.30. The first-order valence-corrected chi connectivity index (χ1v) is 6.66. The van der Waals surface area contributed by atoms with Crippen LogP contribution in [0, 0.1) is 0 Å². The number of nitrogens with one attached hydrogen (secondary N) is 2. The normalized spacial score (nSPS) is 11.2. The number of pyridine rings is 1.